The molecule has 9 heteroatoms. The molecule has 1 aliphatic heterocycles. The van der Waals surface area contributed by atoms with Crippen molar-refractivity contribution in [1.82, 2.24) is 15.3 Å². The second-order valence-electron chi connectivity index (χ2n) is 8.56. The van der Waals surface area contributed by atoms with Gasteiger partial charge < -0.3 is 20.9 Å². The molecule has 0 bridgehead atoms. The number of carbonyl (C=O) groups is 2. The topological polar surface area (TPSA) is 99.2 Å². The Labute approximate surface area is 203 Å². The second kappa shape index (κ2) is 10.2. The quantitative estimate of drug-likeness (QED) is 0.476. The van der Waals surface area contributed by atoms with Gasteiger partial charge in [-0.2, -0.15) is 0 Å². The molecule has 0 unspecified atom stereocenters. The number of benzene rings is 2. The first-order valence-electron chi connectivity index (χ1n) is 11.1. The Morgan fingerprint density at radius 3 is 2.68 bits per heavy atom. The van der Waals surface area contributed by atoms with E-state index < -0.39 is 5.92 Å². The van der Waals surface area contributed by atoms with Crippen LogP contribution in [0.2, 0.25) is 5.02 Å². The number of fused-ring (bicyclic) bond motifs is 1. The van der Waals surface area contributed by atoms with Gasteiger partial charge in [-0.3, -0.25) is 9.59 Å². The highest BCUT2D eigenvalue weighted by molar-refractivity contribution is 6.30. The van der Waals surface area contributed by atoms with E-state index in [1.54, 1.807) is 12.1 Å². The molecule has 1 aromatic heterocycles. The van der Waals surface area contributed by atoms with Gasteiger partial charge in [-0.25, -0.2) is 9.97 Å². The van der Waals surface area contributed by atoms with Gasteiger partial charge in [0.15, 0.2) is 5.82 Å². The third-order valence-corrected chi connectivity index (χ3v) is 5.82. The van der Waals surface area contributed by atoms with E-state index in [-0.39, 0.29) is 24.4 Å². The molecular weight excluding hydrogens is 452 g/mol. The number of likely N-dealkylation sites (N-methyl/N-ethyl adjacent to an activating group) is 1. The summed E-state index contributed by atoms with van der Waals surface area (Å²) in [6.07, 6.45) is 1.42. The Kier molecular flexibility index (Phi) is 7.09. The van der Waals surface area contributed by atoms with Crippen molar-refractivity contribution in [3.05, 3.63) is 65.4 Å². The number of rotatable bonds is 7. The van der Waals surface area contributed by atoms with Crippen LogP contribution in [0, 0.1) is 0 Å². The largest absolute Gasteiger partial charge is 0.361 e. The van der Waals surface area contributed by atoms with Crippen LogP contribution in [0.1, 0.15) is 25.3 Å². The number of hydrogen-bond acceptors (Lipinski definition) is 6. The van der Waals surface area contributed by atoms with Crippen molar-refractivity contribution in [3.8, 4) is 11.3 Å². The molecule has 0 spiro atoms. The molecule has 0 radical (unpaired) electrons. The zero-order valence-corrected chi connectivity index (χ0v) is 20.1. The molecule has 0 saturated heterocycles. The fraction of sp³-hybridized carbons (Fsp3) is 0.280. The lowest BCUT2D eigenvalue weighted by Gasteiger charge is -2.28. The minimum atomic E-state index is -0.392. The maximum atomic E-state index is 13.3. The van der Waals surface area contributed by atoms with Crippen LogP contribution in [-0.2, 0) is 9.59 Å². The zero-order chi connectivity index (χ0) is 24.2. The molecule has 1 aliphatic rings. The van der Waals surface area contributed by atoms with E-state index >= 15 is 0 Å². The van der Waals surface area contributed by atoms with E-state index in [9.17, 15) is 9.59 Å². The molecule has 0 fully saturated rings. The van der Waals surface area contributed by atoms with Crippen molar-refractivity contribution in [1.29, 1.82) is 0 Å². The van der Waals surface area contributed by atoms with Crippen LogP contribution in [0.15, 0.2) is 54.9 Å². The average Bonchev–Trinajstić information content (AvgIpc) is 2.79. The number of halogens is 1. The molecule has 34 heavy (non-hydrogen) atoms. The van der Waals surface area contributed by atoms with Crippen LogP contribution in [0.4, 0.5) is 17.2 Å². The number of carbonyl (C=O) groups excluding carboxylic acids is 2. The zero-order valence-electron chi connectivity index (χ0n) is 19.3. The Morgan fingerprint density at radius 2 is 1.94 bits per heavy atom. The van der Waals surface area contributed by atoms with Crippen LogP contribution in [0.25, 0.3) is 11.3 Å². The Balaban J connectivity index is 1.60. The molecule has 176 valence electrons. The smallest absolute Gasteiger partial charge is 0.245 e. The van der Waals surface area contributed by atoms with Crippen molar-refractivity contribution in [2.45, 2.75) is 25.8 Å². The average molecular weight is 479 g/mol. The summed E-state index contributed by atoms with van der Waals surface area (Å²) in [4.78, 5) is 35.7. The minimum Gasteiger partial charge on any atom is -0.361 e. The van der Waals surface area contributed by atoms with Crippen molar-refractivity contribution in [2.24, 2.45) is 0 Å². The highest BCUT2D eigenvalue weighted by Crippen LogP contribution is 2.36. The van der Waals surface area contributed by atoms with E-state index in [1.807, 2.05) is 62.2 Å². The summed E-state index contributed by atoms with van der Waals surface area (Å²) in [5.74, 6) is -0.164. The van der Waals surface area contributed by atoms with Crippen LogP contribution < -0.4 is 20.9 Å². The fourth-order valence-electron chi connectivity index (χ4n) is 3.89. The summed E-state index contributed by atoms with van der Waals surface area (Å²) in [5, 5.41) is 9.82. The first kappa shape index (κ1) is 23.7. The Morgan fingerprint density at radius 1 is 1.18 bits per heavy atom. The summed E-state index contributed by atoms with van der Waals surface area (Å²) in [5.41, 5.74) is 3.77. The summed E-state index contributed by atoms with van der Waals surface area (Å²) in [6, 6.07) is 15.1. The summed E-state index contributed by atoms with van der Waals surface area (Å²) < 4.78 is 0. The molecule has 3 N–H and O–H groups in total. The lowest BCUT2D eigenvalue weighted by Crippen LogP contribution is -2.36. The SMILES string of the molecule is CC(C)NC[C@@H](C(=O)Nc1cccc(-c2ncnc3c2N(C)CC(=O)N3)c1)c1ccc(Cl)cc1. The summed E-state index contributed by atoms with van der Waals surface area (Å²) in [7, 11) is 1.83. The molecule has 8 nitrogen and oxygen atoms in total. The molecule has 3 aromatic rings. The monoisotopic (exact) mass is 478 g/mol. The minimum absolute atomic E-state index is 0.121. The molecule has 0 aliphatic carbocycles. The molecule has 2 amide bonds. The van der Waals surface area contributed by atoms with Gasteiger partial charge in [-0.1, -0.05) is 49.7 Å². The van der Waals surface area contributed by atoms with E-state index in [2.05, 4.69) is 25.9 Å². The van der Waals surface area contributed by atoms with Crippen molar-refractivity contribution in [3.63, 3.8) is 0 Å². The molecular formula is C25H27ClN6O2. The van der Waals surface area contributed by atoms with Gasteiger partial charge in [-0.05, 0) is 29.8 Å². The standard InChI is InChI=1S/C25H27ClN6O2/c1-15(2)27-12-20(16-7-9-18(26)10-8-16)25(34)30-19-6-4-5-17(11-19)22-23-24(29-14-28-22)31-21(33)13-32(23)3/h4-11,14-15,20,27H,12-13H2,1-3H3,(H,30,34)(H,28,29,31,33)/t20-/m1/s1. The Hall–Kier alpha value is -3.49. The van der Waals surface area contributed by atoms with Crippen LogP contribution in [0.3, 0.4) is 0 Å². The maximum absolute atomic E-state index is 13.3. The third kappa shape index (κ3) is 5.35. The highest BCUT2D eigenvalue weighted by Gasteiger charge is 2.25. The van der Waals surface area contributed by atoms with Gasteiger partial charge in [0.2, 0.25) is 11.8 Å². The van der Waals surface area contributed by atoms with Crippen molar-refractivity contribution < 1.29 is 9.59 Å². The predicted octanol–water partition coefficient (Wildman–Crippen LogP) is 3.91. The Bertz CT molecular complexity index is 1200. The number of aromatic nitrogens is 2. The summed E-state index contributed by atoms with van der Waals surface area (Å²) in [6.45, 7) is 4.80. The van der Waals surface area contributed by atoms with Gasteiger partial charge in [-0.15, -0.1) is 0 Å². The molecule has 2 aromatic carbocycles. The van der Waals surface area contributed by atoms with Gasteiger partial charge in [0.05, 0.1) is 18.2 Å². The molecule has 2 heterocycles. The van der Waals surface area contributed by atoms with Crippen molar-refractivity contribution in [2.75, 3.05) is 35.7 Å². The van der Waals surface area contributed by atoms with Crippen LogP contribution in [-0.4, -0.2) is 48.0 Å². The molecule has 4 rings (SSSR count). The maximum Gasteiger partial charge on any atom is 0.245 e. The first-order chi connectivity index (χ1) is 16.3. The number of anilines is 3. The van der Waals surface area contributed by atoms with Gasteiger partial charge >= 0.3 is 0 Å². The number of amides is 2. The van der Waals surface area contributed by atoms with Gasteiger partial charge in [0, 0.05) is 35.9 Å². The summed E-state index contributed by atoms with van der Waals surface area (Å²) >= 11 is 6.04. The number of nitrogens with one attached hydrogen (secondary N) is 3. The van der Waals surface area contributed by atoms with E-state index in [1.165, 1.54) is 6.33 Å². The van der Waals surface area contributed by atoms with E-state index in [0.717, 1.165) is 16.8 Å². The fourth-order valence-corrected chi connectivity index (χ4v) is 4.02. The van der Waals surface area contributed by atoms with Gasteiger partial charge in [0.25, 0.3) is 0 Å². The predicted molar refractivity (Wildman–Crippen MR) is 135 cm³/mol. The second-order valence-corrected chi connectivity index (χ2v) is 9.00. The van der Waals surface area contributed by atoms with Crippen LogP contribution >= 0.6 is 11.6 Å². The third-order valence-electron chi connectivity index (χ3n) is 5.57. The first-order valence-corrected chi connectivity index (χ1v) is 11.5. The number of hydrogen-bond donors (Lipinski definition) is 3. The lowest BCUT2D eigenvalue weighted by atomic mass is 9.97. The van der Waals surface area contributed by atoms with E-state index in [4.69, 9.17) is 11.6 Å². The van der Waals surface area contributed by atoms with Crippen molar-refractivity contribution >= 4 is 40.6 Å². The molecule has 0 saturated carbocycles. The molecule has 1 atom stereocenters. The van der Waals surface area contributed by atoms with Crippen LogP contribution in [0.5, 0.6) is 0 Å². The normalized spacial score (nSPS) is 13.9. The lowest BCUT2D eigenvalue weighted by molar-refractivity contribution is -0.117. The van der Waals surface area contributed by atoms with Gasteiger partial charge in [0.1, 0.15) is 12.0 Å². The number of nitrogens with zero attached hydrogens (tertiary/aromatic N) is 3. The highest BCUT2D eigenvalue weighted by atomic mass is 35.5. The van der Waals surface area contributed by atoms with E-state index in [0.29, 0.717) is 28.8 Å².